The van der Waals surface area contributed by atoms with Gasteiger partial charge in [0.15, 0.2) is 11.5 Å². The maximum atomic E-state index is 13.0. The lowest BCUT2D eigenvalue weighted by Crippen LogP contribution is -2.36. The van der Waals surface area contributed by atoms with Gasteiger partial charge in [0, 0.05) is 19.5 Å². The molecule has 0 fully saturated rings. The Labute approximate surface area is 166 Å². The van der Waals surface area contributed by atoms with Crippen molar-refractivity contribution < 1.29 is 14.7 Å². The number of ketones is 1. The highest BCUT2D eigenvalue weighted by Crippen LogP contribution is 2.41. The summed E-state index contributed by atoms with van der Waals surface area (Å²) in [7, 11) is 3.87. The smallest absolute Gasteiger partial charge is 0.290 e. The summed E-state index contributed by atoms with van der Waals surface area (Å²) in [6.07, 6.45) is 0.301. The van der Waals surface area contributed by atoms with E-state index in [2.05, 4.69) is 0 Å². The molecule has 2 aromatic carbocycles. The van der Waals surface area contributed by atoms with Crippen molar-refractivity contribution in [3.8, 4) is 0 Å². The lowest BCUT2D eigenvalue weighted by Gasteiger charge is -2.29. The van der Waals surface area contributed by atoms with Crippen LogP contribution in [0.25, 0.3) is 10.8 Å². The molecule has 1 amide bonds. The van der Waals surface area contributed by atoms with Crippen LogP contribution in [0.15, 0.2) is 53.8 Å². The number of carbonyl (C=O) groups excluding carboxylic acids is 2. The van der Waals surface area contributed by atoms with Crippen LogP contribution in [0.1, 0.15) is 31.9 Å². The molecule has 0 radical (unpaired) electrons. The Hall–Kier alpha value is -2.66. The number of amides is 1. The Bertz CT molecular complexity index is 925. The Morgan fingerprint density at radius 2 is 1.82 bits per heavy atom. The first-order valence-corrected chi connectivity index (χ1v) is 9.71. The first kappa shape index (κ1) is 20.1. The fraction of sp³-hybridized carbons (Fsp3) is 0.391. The molecular weight excluding hydrogens is 352 g/mol. The van der Waals surface area contributed by atoms with Crippen molar-refractivity contribution in [2.24, 2.45) is 5.92 Å². The van der Waals surface area contributed by atoms with E-state index < -0.39 is 17.7 Å². The van der Waals surface area contributed by atoms with Gasteiger partial charge in [-0.1, -0.05) is 56.3 Å². The van der Waals surface area contributed by atoms with Crippen LogP contribution in [-0.2, 0) is 9.59 Å². The molecule has 5 heteroatoms. The van der Waals surface area contributed by atoms with Crippen LogP contribution in [0.4, 0.5) is 0 Å². The molecule has 1 N–H and O–H groups in total. The Morgan fingerprint density at radius 3 is 2.50 bits per heavy atom. The largest absolute Gasteiger partial charge is 0.503 e. The molecule has 1 aliphatic rings. The molecule has 0 spiro atoms. The topological polar surface area (TPSA) is 60.9 Å². The molecule has 1 aliphatic heterocycles. The Morgan fingerprint density at radius 1 is 1.14 bits per heavy atom. The average molecular weight is 380 g/mol. The molecule has 0 bridgehead atoms. The van der Waals surface area contributed by atoms with Gasteiger partial charge in [-0.25, -0.2) is 0 Å². The zero-order valence-electron chi connectivity index (χ0n) is 17.0. The van der Waals surface area contributed by atoms with E-state index in [1.165, 1.54) is 0 Å². The van der Waals surface area contributed by atoms with E-state index in [1.807, 2.05) is 75.3 Å². The van der Waals surface area contributed by atoms with Crippen molar-refractivity contribution >= 4 is 22.5 Å². The molecule has 28 heavy (non-hydrogen) atoms. The van der Waals surface area contributed by atoms with Crippen molar-refractivity contribution in [1.82, 2.24) is 9.80 Å². The van der Waals surface area contributed by atoms with Crippen LogP contribution >= 0.6 is 0 Å². The molecule has 1 atom stereocenters. The Kier molecular flexibility index (Phi) is 5.84. The van der Waals surface area contributed by atoms with E-state index in [0.717, 1.165) is 16.3 Å². The number of benzene rings is 2. The van der Waals surface area contributed by atoms with Crippen molar-refractivity contribution in [3.05, 3.63) is 59.4 Å². The van der Waals surface area contributed by atoms with Crippen LogP contribution in [0, 0.1) is 5.92 Å². The monoisotopic (exact) mass is 380 g/mol. The lowest BCUT2D eigenvalue weighted by atomic mass is 9.89. The zero-order valence-corrected chi connectivity index (χ0v) is 17.0. The molecule has 148 valence electrons. The fourth-order valence-electron chi connectivity index (χ4n) is 3.77. The van der Waals surface area contributed by atoms with Crippen molar-refractivity contribution in [1.29, 1.82) is 0 Å². The quantitative estimate of drug-likeness (QED) is 0.795. The number of aliphatic hydroxyl groups is 1. The zero-order chi connectivity index (χ0) is 20.4. The van der Waals surface area contributed by atoms with Crippen LogP contribution in [0.2, 0.25) is 0 Å². The third kappa shape index (κ3) is 3.80. The van der Waals surface area contributed by atoms with Gasteiger partial charge < -0.3 is 14.9 Å². The van der Waals surface area contributed by atoms with E-state index in [1.54, 1.807) is 4.90 Å². The van der Waals surface area contributed by atoms with Crippen LogP contribution < -0.4 is 0 Å². The highest BCUT2D eigenvalue weighted by molar-refractivity contribution is 6.09. The number of Topliss-reactive ketones (excluding diaryl/α,β-unsaturated/α-hetero) is 1. The fourth-order valence-corrected chi connectivity index (χ4v) is 3.77. The van der Waals surface area contributed by atoms with Crippen molar-refractivity contribution in [2.45, 2.75) is 26.3 Å². The number of hydrogen-bond donors (Lipinski definition) is 1. The summed E-state index contributed by atoms with van der Waals surface area (Å²) in [5.74, 6) is -0.882. The normalized spacial score (nSPS) is 17.4. The number of hydrogen-bond acceptors (Lipinski definition) is 4. The maximum absolute atomic E-state index is 13.0. The van der Waals surface area contributed by atoms with E-state index in [9.17, 15) is 14.7 Å². The van der Waals surface area contributed by atoms with E-state index in [-0.39, 0.29) is 17.3 Å². The minimum atomic E-state index is -0.565. The number of carbonyl (C=O) groups is 2. The first-order chi connectivity index (χ1) is 13.3. The van der Waals surface area contributed by atoms with Gasteiger partial charge in [0.1, 0.15) is 0 Å². The van der Waals surface area contributed by atoms with Gasteiger partial charge in [-0.2, -0.15) is 0 Å². The molecule has 1 heterocycles. The van der Waals surface area contributed by atoms with E-state index in [4.69, 9.17) is 0 Å². The maximum Gasteiger partial charge on any atom is 0.290 e. The van der Waals surface area contributed by atoms with Crippen LogP contribution in [0.3, 0.4) is 0 Å². The number of aliphatic hydroxyl groups excluding tert-OH is 1. The molecule has 0 aromatic heterocycles. The minimum absolute atomic E-state index is 0.145. The highest BCUT2D eigenvalue weighted by Gasteiger charge is 2.43. The van der Waals surface area contributed by atoms with Gasteiger partial charge in [0.05, 0.1) is 11.6 Å². The summed E-state index contributed by atoms with van der Waals surface area (Å²) in [6, 6.07) is 13.3. The molecule has 0 saturated heterocycles. The number of fused-ring (bicyclic) bond motifs is 1. The standard InChI is InChI=1S/C23H28N2O3/c1-15(2)14-19(26)20-21(25(13-12-24(3)4)23(28)22(20)27)18-11-7-9-16-8-5-6-10-17(16)18/h5-11,15,21,27H,12-14H2,1-4H3. The third-order valence-electron chi connectivity index (χ3n) is 5.10. The summed E-state index contributed by atoms with van der Waals surface area (Å²) in [6.45, 7) is 5.00. The van der Waals surface area contributed by atoms with Crippen LogP contribution in [-0.4, -0.2) is 53.8 Å². The van der Waals surface area contributed by atoms with Crippen molar-refractivity contribution in [3.63, 3.8) is 0 Å². The van der Waals surface area contributed by atoms with Gasteiger partial charge in [0.2, 0.25) is 0 Å². The van der Waals surface area contributed by atoms with Gasteiger partial charge in [-0.05, 0) is 36.3 Å². The van der Waals surface area contributed by atoms with Crippen LogP contribution in [0.5, 0.6) is 0 Å². The minimum Gasteiger partial charge on any atom is -0.503 e. The molecule has 5 nitrogen and oxygen atoms in total. The van der Waals surface area contributed by atoms with Crippen molar-refractivity contribution in [2.75, 3.05) is 27.2 Å². The highest BCUT2D eigenvalue weighted by atomic mass is 16.3. The number of likely N-dealkylation sites (N-methyl/N-ethyl adjacent to an activating group) is 1. The second-order valence-corrected chi connectivity index (χ2v) is 8.06. The first-order valence-electron chi connectivity index (χ1n) is 9.71. The second-order valence-electron chi connectivity index (χ2n) is 8.06. The van der Waals surface area contributed by atoms with Gasteiger partial charge >= 0.3 is 0 Å². The predicted octanol–water partition coefficient (Wildman–Crippen LogP) is 3.71. The summed E-state index contributed by atoms with van der Waals surface area (Å²) < 4.78 is 0. The summed E-state index contributed by atoms with van der Waals surface area (Å²) in [5.41, 5.74) is 1.11. The molecule has 0 saturated carbocycles. The molecule has 2 aromatic rings. The average Bonchev–Trinajstić information content (AvgIpc) is 2.89. The second kappa shape index (κ2) is 8.15. The van der Waals surface area contributed by atoms with E-state index in [0.29, 0.717) is 19.5 Å². The Balaban J connectivity index is 2.14. The summed E-state index contributed by atoms with van der Waals surface area (Å²) >= 11 is 0. The van der Waals surface area contributed by atoms with E-state index >= 15 is 0 Å². The summed E-state index contributed by atoms with van der Waals surface area (Å²) in [4.78, 5) is 29.5. The number of rotatable bonds is 7. The van der Waals surface area contributed by atoms with Gasteiger partial charge in [-0.3, -0.25) is 9.59 Å². The SMILES string of the molecule is CC(C)CC(=O)C1=C(O)C(=O)N(CCN(C)C)C1c1cccc2ccccc12. The molecular formula is C23H28N2O3. The molecule has 1 unspecified atom stereocenters. The predicted molar refractivity (Wildman–Crippen MR) is 111 cm³/mol. The molecule has 0 aliphatic carbocycles. The van der Waals surface area contributed by atoms with Gasteiger partial charge in [0.25, 0.3) is 5.91 Å². The summed E-state index contributed by atoms with van der Waals surface area (Å²) in [5, 5.41) is 12.7. The van der Waals surface area contributed by atoms with Gasteiger partial charge in [-0.15, -0.1) is 0 Å². The third-order valence-corrected chi connectivity index (χ3v) is 5.10. The molecule has 3 rings (SSSR count). The lowest BCUT2D eigenvalue weighted by molar-refractivity contribution is -0.129. The number of nitrogens with zero attached hydrogens (tertiary/aromatic N) is 2.